The predicted molar refractivity (Wildman–Crippen MR) is 85.1 cm³/mol. The number of aromatic hydroxyl groups is 1. The van der Waals surface area contributed by atoms with Gasteiger partial charge in [0.1, 0.15) is 5.75 Å². The van der Waals surface area contributed by atoms with Gasteiger partial charge in [-0.2, -0.15) is 0 Å². The largest absolute Gasteiger partial charge is 0.507 e. The minimum Gasteiger partial charge on any atom is -0.507 e. The summed E-state index contributed by atoms with van der Waals surface area (Å²) in [7, 11) is 0. The van der Waals surface area contributed by atoms with E-state index in [9.17, 15) is 5.11 Å². The fraction of sp³-hybridized carbons (Fsp3) is 0.625. The zero-order chi connectivity index (χ0) is 14.1. The summed E-state index contributed by atoms with van der Waals surface area (Å²) in [6, 6.07) is 4.46. The third-order valence-corrected chi connectivity index (χ3v) is 4.96. The number of nitrogens with zero attached hydrogens (tertiary/aromatic N) is 1. The van der Waals surface area contributed by atoms with Gasteiger partial charge in [0.05, 0.1) is 0 Å². The molecular weight excluding hydrogens is 316 g/mol. The molecular formula is C16H23BrN2O. The lowest BCUT2D eigenvalue weighted by Crippen LogP contribution is -2.45. The Labute approximate surface area is 129 Å². The molecule has 1 heterocycles. The summed E-state index contributed by atoms with van der Waals surface area (Å²) >= 11 is 3.58. The van der Waals surface area contributed by atoms with E-state index >= 15 is 0 Å². The van der Waals surface area contributed by atoms with E-state index in [0.717, 1.165) is 47.7 Å². The molecule has 0 unspecified atom stereocenters. The van der Waals surface area contributed by atoms with Crippen LogP contribution in [-0.2, 0) is 0 Å². The van der Waals surface area contributed by atoms with E-state index in [1.54, 1.807) is 0 Å². The van der Waals surface area contributed by atoms with E-state index in [1.165, 1.54) is 19.3 Å². The Balaban J connectivity index is 1.90. The Bertz CT molecular complexity index is 482. The third kappa shape index (κ3) is 3.18. The number of rotatable bonds is 4. The molecule has 2 N–H and O–H groups in total. The zero-order valence-corrected chi connectivity index (χ0v) is 13.6. The molecule has 1 aliphatic heterocycles. The van der Waals surface area contributed by atoms with Crippen LogP contribution in [0.2, 0.25) is 0 Å². The molecule has 1 atom stereocenters. The maximum Gasteiger partial charge on any atom is 0.123 e. The van der Waals surface area contributed by atoms with E-state index < -0.39 is 0 Å². The van der Waals surface area contributed by atoms with Crippen LogP contribution in [0.5, 0.6) is 5.75 Å². The molecule has 0 radical (unpaired) electrons. The summed E-state index contributed by atoms with van der Waals surface area (Å²) in [6.07, 6.45) is 3.90. The first kappa shape index (κ1) is 14.4. The number of halogens is 1. The Morgan fingerprint density at radius 2 is 2.05 bits per heavy atom. The van der Waals surface area contributed by atoms with Gasteiger partial charge in [-0.05, 0) is 37.0 Å². The van der Waals surface area contributed by atoms with Crippen LogP contribution in [0.15, 0.2) is 16.6 Å². The monoisotopic (exact) mass is 338 g/mol. The van der Waals surface area contributed by atoms with Crippen molar-refractivity contribution in [3.8, 4) is 5.75 Å². The van der Waals surface area contributed by atoms with Crippen molar-refractivity contribution in [3.05, 3.63) is 27.7 Å². The molecule has 2 aliphatic rings. The van der Waals surface area contributed by atoms with Gasteiger partial charge in [-0.25, -0.2) is 0 Å². The van der Waals surface area contributed by atoms with Gasteiger partial charge in [0.25, 0.3) is 0 Å². The number of benzene rings is 1. The molecule has 4 heteroatoms. The molecule has 0 aromatic heterocycles. The first-order valence-corrected chi connectivity index (χ1v) is 8.38. The summed E-state index contributed by atoms with van der Waals surface area (Å²) in [6.45, 7) is 6.23. The van der Waals surface area contributed by atoms with Crippen molar-refractivity contribution in [2.45, 2.75) is 32.2 Å². The summed E-state index contributed by atoms with van der Waals surface area (Å²) in [5.41, 5.74) is 2.07. The number of phenolic OH excluding ortho intramolecular Hbond substituents is 1. The van der Waals surface area contributed by atoms with Crippen molar-refractivity contribution in [2.75, 3.05) is 26.2 Å². The van der Waals surface area contributed by atoms with Crippen molar-refractivity contribution in [1.82, 2.24) is 10.2 Å². The van der Waals surface area contributed by atoms with Crippen LogP contribution in [0.3, 0.4) is 0 Å². The highest BCUT2D eigenvalue weighted by Crippen LogP contribution is 2.43. The average molecular weight is 339 g/mol. The lowest BCUT2D eigenvalue weighted by atomic mass is 9.96. The highest BCUT2D eigenvalue weighted by Gasteiger charge is 2.32. The number of piperazine rings is 1. The molecule has 1 aliphatic carbocycles. The van der Waals surface area contributed by atoms with Crippen LogP contribution in [0.4, 0.5) is 0 Å². The zero-order valence-electron chi connectivity index (χ0n) is 12.0. The second kappa shape index (κ2) is 6.04. The Morgan fingerprint density at radius 1 is 1.35 bits per heavy atom. The van der Waals surface area contributed by atoms with Crippen molar-refractivity contribution < 1.29 is 5.11 Å². The minimum atomic E-state index is 0.362. The SMILES string of the molecule is Cc1cc(Br)cc([C@H](CC2CC2)N2CCNCC2)c1O. The van der Waals surface area contributed by atoms with Crippen LogP contribution < -0.4 is 5.32 Å². The van der Waals surface area contributed by atoms with Gasteiger partial charge in [-0.1, -0.05) is 28.8 Å². The normalized spacial score (nSPS) is 21.9. The standard InChI is InChI=1S/C16H23BrN2O/c1-11-8-13(17)10-14(16(11)20)15(9-12-2-3-12)19-6-4-18-5-7-19/h8,10,12,15,18,20H,2-7,9H2,1H3/t15-/m0/s1. The smallest absolute Gasteiger partial charge is 0.123 e. The second-order valence-electron chi connectivity index (χ2n) is 6.14. The van der Waals surface area contributed by atoms with Crippen LogP contribution >= 0.6 is 15.9 Å². The molecule has 1 saturated heterocycles. The Hall–Kier alpha value is -0.580. The molecule has 110 valence electrons. The van der Waals surface area contributed by atoms with E-state index in [0.29, 0.717) is 11.8 Å². The van der Waals surface area contributed by atoms with E-state index in [2.05, 4.69) is 32.2 Å². The molecule has 2 fully saturated rings. The molecule has 20 heavy (non-hydrogen) atoms. The summed E-state index contributed by atoms with van der Waals surface area (Å²) in [4.78, 5) is 2.54. The lowest BCUT2D eigenvalue weighted by Gasteiger charge is -2.36. The maximum absolute atomic E-state index is 10.5. The summed E-state index contributed by atoms with van der Waals surface area (Å²) < 4.78 is 1.07. The van der Waals surface area contributed by atoms with E-state index in [1.807, 2.05) is 13.0 Å². The highest BCUT2D eigenvalue weighted by molar-refractivity contribution is 9.10. The first-order valence-electron chi connectivity index (χ1n) is 7.59. The van der Waals surface area contributed by atoms with Crippen molar-refractivity contribution in [1.29, 1.82) is 0 Å². The minimum absolute atomic E-state index is 0.362. The van der Waals surface area contributed by atoms with E-state index in [4.69, 9.17) is 0 Å². The van der Waals surface area contributed by atoms with Crippen molar-refractivity contribution >= 4 is 15.9 Å². The number of hydrogen-bond donors (Lipinski definition) is 2. The quantitative estimate of drug-likeness (QED) is 0.884. The van der Waals surface area contributed by atoms with Crippen LogP contribution in [0.1, 0.15) is 36.4 Å². The molecule has 3 nitrogen and oxygen atoms in total. The molecule has 1 aromatic carbocycles. The van der Waals surface area contributed by atoms with Gasteiger partial charge >= 0.3 is 0 Å². The fourth-order valence-electron chi connectivity index (χ4n) is 3.15. The number of phenols is 1. The molecule has 0 spiro atoms. The third-order valence-electron chi connectivity index (χ3n) is 4.50. The second-order valence-corrected chi connectivity index (χ2v) is 7.06. The maximum atomic E-state index is 10.5. The first-order chi connectivity index (χ1) is 9.65. The van der Waals surface area contributed by atoms with Gasteiger partial charge in [0, 0.05) is 42.3 Å². The van der Waals surface area contributed by atoms with E-state index in [-0.39, 0.29) is 0 Å². The van der Waals surface area contributed by atoms with Crippen LogP contribution in [0.25, 0.3) is 0 Å². The number of hydrogen-bond acceptors (Lipinski definition) is 3. The Kier molecular flexibility index (Phi) is 4.34. The van der Waals surface area contributed by atoms with Crippen LogP contribution in [-0.4, -0.2) is 36.2 Å². The summed E-state index contributed by atoms with van der Waals surface area (Å²) in [5, 5.41) is 13.9. The molecule has 1 saturated carbocycles. The average Bonchev–Trinajstić information content (AvgIpc) is 3.25. The van der Waals surface area contributed by atoms with Gasteiger partial charge in [-0.15, -0.1) is 0 Å². The highest BCUT2D eigenvalue weighted by atomic mass is 79.9. The molecule has 0 amide bonds. The molecule has 1 aromatic rings. The number of aryl methyl sites for hydroxylation is 1. The molecule has 3 rings (SSSR count). The predicted octanol–water partition coefficient (Wildman–Crippen LogP) is 3.21. The number of nitrogens with one attached hydrogen (secondary N) is 1. The lowest BCUT2D eigenvalue weighted by molar-refractivity contribution is 0.158. The van der Waals surface area contributed by atoms with Gasteiger partial charge < -0.3 is 10.4 Å². The Morgan fingerprint density at radius 3 is 2.70 bits per heavy atom. The van der Waals surface area contributed by atoms with Crippen LogP contribution in [0, 0.1) is 12.8 Å². The van der Waals surface area contributed by atoms with Gasteiger partial charge in [-0.3, -0.25) is 4.90 Å². The van der Waals surface area contributed by atoms with Gasteiger partial charge in [0.15, 0.2) is 0 Å². The fourth-order valence-corrected chi connectivity index (χ4v) is 3.74. The molecule has 0 bridgehead atoms. The van der Waals surface area contributed by atoms with Crippen molar-refractivity contribution in [3.63, 3.8) is 0 Å². The topological polar surface area (TPSA) is 35.5 Å². The summed E-state index contributed by atoms with van der Waals surface area (Å²) in [5.74, 6) is 1.34. The van der Waals surface area contributed by atoms with Gasteiger partial charge in [0.2, 0.25) is 0 Å². The van der Waals surface area contributed by atoms with Crippen molar-refractivity contribution in [2.24, 2.45) is 5.92 Å².